The van der Waals surface area contributed by atoms with Gasteiger partial charge in [-0.2, -0.15) is 0 Å². The van der Waals surface area contributed by atoms with E-state index >= 15 is 0 Å². The Morgan fingerprint density at radius 3 is 2.68 bits per heavy atom. The second-order valence-electron chi connectivity index (χ2n) is 6.06. The van der Waals surface area contributed by atoms with Crippen molar-refractivity contribution in [2.24, 2.45) is 0 Å². The van der Waals surface area contributed by atoms with Crippen molar-refractivity contribution >= 4 is 5.69 Å². The van der Waals surface area contributed by atoms with Gasteiger partial charge in [-0.15, -0.1) is 0 Å². The number of benzene rings is 1. The van der Waals surface area contributed by atoms with Crippen molar-refractivity contribution in [1.82, 2.24) is 5.32 Å². The highest BCUT2D eigenvalue weighted by Gasteiger charge is 2.29. The molecular weight excluding hydrogens is 232 g/mol. The van der Waals surface area contributed by atoms with Crippen LogP contribution in [0.5, 0.6) is 0 Å². The highest BCUT2D eigenvalue weighted by Crippen LogP contribution is 2.23. The largest absolute Gasteiger partial charge is 0.368 e. The Bertz CT molecular complexity index is 363. The van der Waals surface area contributed by atoms with Gasteiger partial charge < -0.3 is 10.2 Å². The van der Waals surface area contributed by atoms with Crippen LogP contribution in [0.4, 0.5) is 5.69 Å². The van der Waals surface area contributed by atoms with E-state index in [9.17, 15) is 0 Å². The molecule has 2 rings (SSSR count). The second-order valence-corrected chi connectivity index (χ2v) is 6.06. The quantitative estimate of drug-likeness (QED) is 0.782. The molecule has 1 aromatic rings. The van der Waals surface area contributed by atoms with Crippen LogP contribution in [0.3, 0.4) is 0 Å². The predicted molar refractivity (Wildman–Crippen MR) is 83.8 cm³/mol. The lowest BCUT2D eigenvalue weighted by molar-refractivity contribution is 0.293. The molecule has 0 aromatic heterocycles. The molecule has 1 heterocycles. The average Bonchev–Trinajstić information content (AvgIpc) is 2.45. The number of nitrogens with zero attached hydrogens (tertiary/aromatic N) is 1. The zero-order valence-corrected chi connectivity index (χ0v) is 12.5. The molecule has 0 radical (unpaired) electrons. The molecule has 19 heavy (non-hydrogen) atoms. The molecular formula is C17H28N2. The Hall–Kier alpha value is -1.02. The maximum Gasteiger partial charge on any atom is 0.0367 e. The number of para-hydroxylation sites is 1. The standard InChI is InChI=1S/C17H28N2/c1-3-4-5-9-12-17(2)15-19(14-13-18-17)16-10-7-6-8-11-16/h6-8,10-11,18H,3-5,9,12-15H2,1-2H3. The van der Waals surface area contributed by atoms with E-state index < -0.39 is 0 Å². The zero-order chi connectivity index (χ0) is 13.6. The molecule has 0 amide bonds. The van der Waals surface area contributed by atoms with Crippen LogP contribution in [-0.2, 0) is 0 Å². The van der Waals surface area contributed by atoms with Crippen molar-refractivity contribution in [1.29, 1.82) is 0 Å². The van der Waals surface area contributed by atoms with Crippen molar-refractivity contribution in [3.63, 3.8) is 0 Å². The summed E-state index contributed by atoms with van der Waals surface area (Å²) in [7, 11) is 0. The third kappa shape index (κ3) is 4.24. The summed E-state index contributed by atoms with van der Waals surface area (Å²) in [5.74, 6) is 0. The van der Waals surface area contributed by atoms with Gasteiger partial charge in [0.2, 0.25) is 0 Å². The van der Waals surface area contributed by atoms with Gasteiger partial charge in [0.1, 0.15) is 0 Å². The van der Waals surface area contributed by atoms with Crippen LogP contribution in [0.1, 0.15) is 46.0 Å². The summed E-state index contributed by atoms with van der Waals surface area (Å²) in [5, 5.41) is 3.73. The molecule has 1 N–H and O–H groups in total. The minimum absolute atomic E-state index is 0.280. The first-order chi connectivity index (χ1) is 9.23. The van der Waals surface area contributed by atoms with E-state index in [1.165, 1.54) is 37.8 Å². The molecule has 2 nitrogen and oxygen atoms in total. The normalized spacial score (nSPS) is 23.6. The first-order valence-corrected chi connectivity index (χ1v) is 7.78. The van der Waals surface area contributed by atoms with E-state index in [-0.39, 0.29) is 5.54 Å². The molecule has 1 saturated heterocycles. The van der Waals surface area contributed by atoms with Crippen LogP contribution in [0.15, 0.2) is 30.3 Å². The highest BCUT2D eigenvalue weighted by atomic mass is 15.2. The summed E-state index contributed by atoms with van der Waals surface area (Å²) in [5.41, 5.74) is 1.64. The number of hydrogen-bond acceptors (Lipinski definition) is 2. The first kappa shape index (κ1) is 14.4. The van der Waals surface area contributed by atoms with Gasteiger partial charge in [0.25, 0.3) is 0 Å². The van der Waals surface area contributed by atoms with Gasteiger partial charge in [-0.25, -0.2) is 0 Å². The van der Waals surface area contributed by atoms with Crippen LogP contribution < -0.4 is 10.2 Å². The molecule has 1 atom stereocenters. The fourth-order valence-corrected chi connectivity index (χ4v) is 3.02. The van der Waals surface area contributed by atoms with E-state index in [1.807, 2.05) is 0 Å². The zero-order valence-electron chi connectivity index (χ0n) is 12.5. The maximum atomic E-state index is 3.73. The lowest BCUT2D eigenvalue weighted by Crippen LogP contribution is -2.58. The molecule has 0 bridgehead atoms. The first-order valence-electron chi connectivity index (χ1n) is 7.78. The van der Waals surface area contributed by atoms with E-state index in [4.69, 9.17) is 0 Å². The van der Waals surface area contributed by atoms with E-state index in [0.29, 0.717) is 0 Å². The minimum atomic E-state index is 0.280. The lowest BCUT2D eigenvalue weighted by atomic mass is 9.91. The lowest BCUT2D eigenvalue weighted by Gasteiger charge is -2.43. The summed E-state index contributed by atoms with van der Waals surface area (Å²) < 4.78 is 0. The summed E-state index contributed by atoms with van der Waals surface area (Å²) >= 11 is 0. The van der Waals surface area contributed by atoms with E-state index in [1.54, 1.807) is 0 Å². The van der Waals surface area contributed by atoms with Gasteiger partial charge >= 0.3 is 0 Å². The van der Waals surface area contributed by atoms with Crippen molar-refractivity contribution in [2.75, 3.05) is 24.5 Å². The van der Waals surface area contributed by atoms with Gasteiger partial charge in [0, 0.05) is 30.9 Å². The fraction of sp³-hybridized carbons (Fsp3) is 0.647. The van der Waals surface area contributed by atoms with Crippen molar-refractivity contribution in [2.45, 2.75) is 51.5 Å². The van der Waals surface area contributed by atoms with Crippen molar-refractivity contribution < 1.29 is 0 Å². The van der Waals surface area contributed by atoms with Gasteiger partial charge in [-0.1, -0.05) is 50.8 Å². The third-order valence-electron chi connectivity index (χ3n) is 4.18. The molecule has 1 fully saturated rings. The van der Waals surface area contributed by atoms with Gasteiger partial charge in [0.05, 0.1) is 0 Å². The van der Waals surface area contributed by atoms with E-state index in [0.717, 1.165) is 19.6 Å². The Balaban J connectivity index is 1.89. The topological polar surface area (TPSA) is 15.3 Å². The van der Waals surface area contributed by atoms with Crippen molar-refractivity contribution in [3.8, 4) is 0 Å². The molecule has 0 saturated carbocycles. The Morgan fingerprint density at radius 1 is 1.16 bits per heavy atom. The number of rotatable bonds is 6. The molecule has 2 heteroatoms. The molecule has 0 spiro atoms. The molecule has 1 aliphatic heterocycles. The monoisotopic (exact) mass is 260 g/mol. The highest BCUT2D eigenvalue weighted by molar-refractivity contribution is 5.47. The number of hydrogen-bond donors (Lipinski definition) is 1. The van der Waals surface area contributed by atoms with Gasteiger partial charge in [0.15, 0.2) is 0 Å². The smallest absolute Gasteiger partial charge is 0.0367 e. The Labute approximate surface area is 118 Å². The van der Waals surface area contributed by atoms with Crippen LogP contribution >= 0.6 is 0 Å². The number of anilines is 1. The van der Waals surface area contributed by atoms with Crippen LogP contribution in [0.2, 0.25) is 0 Å². The van der Waals surface area contributed by atoms with Crippen LogP contribution in [0, 0.1) is 0 Å². The van der Waals surface area contributed by atoms with Gasteiger partial charge in [-0.05, 0) is 25.5 Å². The van der Waals surface area contributed by atoms with E-state index in [2.05, 4.69) is 54.4 Å². The summed E-state index contributed by atoms with van der Waals surface area (Å²) in [6.45, 7) is 8.00. The average molecular weight is 260 g/mol. The third-order valence-corrected chi connectivity index (χ3v) is 4.18. The summed E-state index contributed by atoms with van der Waals surface area (Å²) in [6, 6.07) is 10.8. The molecule has 106 valence electrons. The molecule has 1 unspecified atom stereocenters. The fourth-order valence-electron chi connectivity index (χ4n) is 3.02. The number of piperazine rings is 1. The molecule has 0 aliphatic carbocycles. The van der Waals surface area contributed by atoms with Gasteiger partial charge in [-0.3, -0.25) is 0 Å². The molecule has 1 aliphatic rings. The minimum Gasteiger partial charge on any atom is -0.368 e. The SMILES string of the molecule is CCCCCCC1(C)CN(c2ccccc2)CCN1. The van der Waals surface area contributed by atoms with Crippen LogP contribution in [0.25, 0.3) is 0 Å². The Kier molecular flexibility index (Phi) is 5.26. The Morgan fingerprint density at radius 2 is 1.95 bits per heavy atom. The number of unbranched alkanes of at least 4 members (excludes halogenated alkanes) is 3. The number of nitrogens with one attached hydrogen (secondary N) is 1. The predicted octanol–water partition coefficient (Wildman–Crippen LogP) is 3.83. The maximum absolute atomic E-state index is 3.73. The summed E-state index contributed by atoms with van der Waals surface area (Å²) in [4.78, 5) is 2.52. The second kappa shape index (κ2) is 6.95. The molecule has 1 aromatic carbocycles. The van der Waals surface area contributed by atoms with Crippen molar-refractivity contribution in [3.05, 3.63) is 30.3 Å². The van der Waals surface area contributed by atoms with Crippen LogP contribution in [-0.4, -0.2) is 25.2 Å². The summed E-state index contributed by atoms with van der Waals surface area (Å²) in [6.07, 6.45) is 6.70.